The molecule has 0 aliphatic carbocycles. The van der Waals surface area contributed by atoms with Crippen LogP contribution < -0.4 is 5.32 Å². The molecule has 3 nitrogen and oxygen atoms in total. The molecule has 0 spiro atoms. The lowest BCUT2D eigenvalue weighted by molar-refractivity contribution is -0.147. The first-order valence-corrected chi connectivity index (χ1v) is 11.4. The number of aliphatic carboxylic acids is 1. The number of halogens is 1. The van der Waals surface area contributed by atoms with Crippen LogP contribution in [-0.2, 0) is 11.2 Å². The number of hydrogen-bond acceptors (Lipinski definition) is 3. The van der Waals surface area contributed by atoms with Gasteiger partial charge < -0.3 is 10.4 Å². The minimum atomic E-state index is -0.710. The van der Waals surface area contributed by atoms with Gasteiger partial charge in [-0.1, -0.05) is 49.1 Å². The molecule has 2 N–H and O–H groups in total. The Morgan fingerprint density at radius 1 is 1.29 bits per heavy atom. The largest absolute Gasteiger partial charge is 0.481 e. The Hall–Kier alpha value is -1.36. The summed E-state index contributed by atoms with van der Waals surface area (Å²) in [5.74, 6) is -0.382. The molecule has 28 heavy (non-hydrogen) atoms. The standard InChI is InChI=1S/C23H30ClNO2S/c1-23(2,22(26)27)13-7-3-4-9-17(16-8-5-6-10-19(16)24)21-18-12-15-28-20(18)11-14-25-21/h5-6,8,10,12,15,17,21,25H,3-4,7,9,11,13-14H2,1-2H3,(H,26,27). The van der Waals surface area contributed by atoms with E-state index in [0.717, 1.165) is 50.1 Å². The summed E-state index contributed by atoms with van der Waals surface area (Å²) in [6.07, 6.45) is 5.92. The maximum absolute atomic E-state index is 11.3. The van der Waals surface area contributed by atoms with Gasteiger partial charge in [-0.15, -0.1) is 11.3 Å². The average molecular weight is 420 g/mol. The van der Waals surface area contributed by atoms with E-state index in [2.05, 4.69) is 28.9 Å². The lowest BCUT2D eigenvalue weighted by Crippen LogP contribution is -2.33. The average Bonchev–Trinajstić information content (AvgIpc) is 3.14. The summed E-state index contributed by atoms with van der Waals surface area (Å²) in [6, 6.07) is 10.8. The predicted molar refractivity (Wildman–Crippen MR) is 117 cm³/mol. The molecule has 2 atom stereocenters. The Balaban J connectivity index is 1.69. The number of nitrogens with one attached hydrogen (secondary N) is 1. The number of carbonyl (C=O) groups is 1. The lowest BCUT2D eigenvalue weighted by atomic mass is 9.81. The minimum Gasteiger partial charge on any atom is -0.481 e. The van der Waals surface area contributed by atoms with E-state index in [0.29, 0.717) is 12.0 Å². The van der Waals surface area contributed by atoms with Crippen LogP contribution in [0.4, 0.5) is 0 Å². The first-order chi connectivity index (χ1) is 13.4. The van der Waals surface area contributed by atoms with Crippen molar-refractivity contribution < 1.29 is 9.90 Å². The second-order valence-electron chi connectivity index (χ2n) is 8.40. The third-order valence-corrected chi connectivity index (χ3v) is 7.27. The first-order valence-electron chi connectivity index (χ1n) is 10.2. The molecule has 152 valence electrons. The van der Waals surface area contributed by atoms with Gasteiger partial charge in [-0.25, -0.2) is 0 Å². The first kappa shape index (κ1) is 21.4. The van der Waals surface area contributed by atoms with Gasteiger partial charge in [-0.05, 0) is 61.7 Å². The lowest BCUT2D eigenvalue weighted by Gasteiger charge is -2.33. The number of unbranched alkanes of at least 4 members (excludes halogenated alkanes) is 2. The molecule has 0 amide bonds. The summed E-state index contributed by atoms with van der Waals surface area (Å²) in [7, 11) is 0. The van der Waals surface area contributed by atoms with Gasteiger partial charge in [0.25, 0.3) is 0 Å². The SMILES string of the molecule is CC(C)(CCCCCC(c1ccccc1Cl)C1NCCc2sccc21)C(=O)O. The summed E-state index contributed by atoms with van der Waals surface area (Å²) in [5, 5.41) is 16.1. The summed E-state index contributed by atoms with van der Waals surface area (Å²) in [4.78, 5) is 12.8. The quantitative estimate of drug-likeness (QED) is 0.460. The molecule has 0 radical (unpaired) electrons. The predicted octanol–water partition coefficient (Wildman–Crippen LogP) is 6.43. The van der Waals surface area contributed by atoms with Crippen LogP contribution in [0.25, 0.3) is 0 Å². The van der Waals surface area contributed by atoms with Gasteiger partial charge in [0.2, 0.25) is 0 Å². The maximum Gasteiger partial charge on any atom is 0.309 e. The van der Waals surface area contributed by atoms with E-state index >= 15 is 0 Å². The second-order valence-corrected chi connectivity index (χ2v) is 9.81. The highest BCUT2D eigenvalue weighted by Gasteiger charge is 2.30. The highest BCUT2D eigenvalue weighted by molar-refractivity contribution is 7.10. The van der Waals surface area contributed by atoms with Crippen LogP contribution in [-0.4, -0.2) is 17.6 Å². The zero-order valence-electron chi connectivity index (χ0n) is 16.7. The van der Waals surface area contributed by atoms with Gasteiger partial charge in [-0.3, -0.25) is 4.79 Å². The Morgan fingerprint density at radius 2 is 2.07 bits per heavy atom. The van der Waals surface area contributed by atoms with Gasteiger partial charge in [0.15, 0.2) is 0 Å². The summed E-state index contributed by atoms with van der Waals surface area (Å²) in [5.41, 5.74) is 2.00. The molecular weight excluding hydrogens is 390 g/mol. The van der Waals surface area contributed by atoms with E-state index < -0.39 is 11.4 Å². The molecule has 0 saturated heterocycles. The highest BCUT2D eigenvalue weighted by atomic mass is 35.5. The second kappa shape index (κ2) is 9.43. The fraction of sp³-hybridized carbons (Fsp3) is 0.522. The molecule has 5 heteroatoms. The van der Waals surface area contributed by atoms with E-state index in [4.69, 9.17) is 11.6 Å². The van der Waals surface area contributed by atoms with Gasteiger partial charge in [-0.2, -0.15) is 0 Å². The van der Waals surface area contributed by atoms with E-state index in [1.165, 1.54) is 16.0 Å². The minimum absolute atomic E-state index is 0.297. The molecule has 1 aliphatic heterocycles. The van der Waals surface area contributed by atoms with E-state index in [1.807, 2.05) is 37.3 Å². The fourth-order valence-electron chi connectivity index (χ4n) is 4.13. The molecule has 0 saturated carbocycles. The van der Waals surface area contributed by atoms with E-state index in [-0.39, 0.29) is 0 Å². The number of thiophene rings is 1. The Kier molecular flexibility index (Phi) is 7.19. The van der Waals surface area contributed by atoms with Gasteiger partial charge in [0, 0.05) is 28.4 Å². The number of hydrogen-bond donors (Lipinski definition) is 2. The monoisotopic (exact) mass is 419 g/mol. The maximum atomic E-state index is 11.3. The number of rotatable bonds is 9. The van der Waals surface area contributed by atoms with Crippen LogP contribution in [0.3, 0.4) is 0 Å². The number of benzene rings is 1. The van der Waals surface area contributed by atoms with Crippen molar-refractivity contribution in [1.82, 2.24) is 5.32 Å². The van der Waals surface area contributed by atoms with E-state index in [1.54, 1.807) is 0 Å². The van der Waals surface area contributed by atoms with Crippen molar-refractivity contribution in [2.24, 2.45) is 5.41 Å². The Labute approximate surface area is 177 Å². The molecule has 2 aromatic rings. The van der Waals surface area contributed by atoms with Crippen molar-refractivity contribution in [3.8, 4) is 0 Å². The smallest absolute Gasteiger partial charge is 0.309 e. The number of carboxylic acid groups (broad SMARTS) is 1. The van der Waals surface area contributed by atoms with Crippen LogP contribution in [0.1, 0.15) is 73.9 Å². The number of fused-ring (bicyclic) bond motifs is 1. The highest BCUT2D eigenvalue weighted by Crippen LogP contribution is 2.42. The molecule has 0 fully saturated rings. The molecule has 1 aliphatic rings. The van der Waals surface area contributed by atoms with Crippen molar-refractivity contribution in [3.63, 3.8) is 0 Å². The normalized spacial score (nSPS) is 17.9. The van der Waals surface area contributed by atoms with Crippen LogP contribution in [0.5, 0.6) is 0 Å². The molecule has 3 rings (SSSR count). The van der Waals surface area contributed by atoms with Crippen molar-refractivity contribution in [2.45, 2.75) is 64.3 Å². The van der Waals surface area contributed by atoms with Gasteiger partial charge in [0.1, 0.15) is 0 Å². The molecular formula is C23H30ClNO2S. The van der Waals surface area contributed by atoms with Crippen LogP contribution in [0.15, 0.2) is 35.7 Å². The third-order valence-electron chi connectivity index (χ3n) is 5.93. The summed E-state index contributed by atoms with van der Waals surface area (Å²) >= 11 is 8.44. The Morgan fingerprint density at radius 3 is 2.82 bits per heavy atom. The Bertz CT molecular complexity index is 801. The molecule has 1 aromatic heterocycles. The summed E-state index contributed by atoms with van der Waals surface area (Å²) < 4.78 is 0. The van der Waals surface area contributed by atoms with Crippen molar-refractivity contribution in [3.05, 3.63) is 56.7 Å². The van der Waals surface area contributed by atoms with Crippen molar-refractivity contribution in [1.29, 1.82) is 0 Å². The van der Waals surface area contributed by atoms with Gasteiger partial charge in [0.05, 0.1) is 5.41 Å². The van der Waals surface area contributed by atoms with Gasteiger partial charge >= 0.3 is 5.97 Å². The van der Waals surface area contributed by atoms with Crippen molar-refractivity contribution in [2.75, 3.05) is 6.54 Å². The fourth-order valence-corrected chi connectivity index (χ4v) is 5.34. The molecule has 1 aromatic carbocycles. The van der Waals surface area contributed by atoms with Crippen LogP contribution in [0.2, 0.25) is 5.02 Å². The van der Waals surface area contributed by atoms with E-state index in [9.17, 15) is 9.90 Å². The third kappa shape index (κ3) is 4.97. The molecule has 2 unspecified atom stereocenters. The van der Waals surface area contributed by atoms with Crippen LogP contribution in [0, 0.1) is 5.41 Å². The van der Waals surface area contributed by atoms with Crippen LogP contribution >= 0.6 is 22.9 Å². The topological polar surface area (TPSA) is 49.3 Å². The zero-order valence-corrected chi connectivity index (χ0v) is 18.3. The molecule has 0 bridgehead atoms. The van der Waals surface area contributed by atoms with Crippen molar-refractivity contribution >= 4 is 28.9 Å². The molecule has 2 heterocycles. The zero-order chi connectivity index (χ0) is 20.1. The number of carboxylic acids is 1. The summed E-state index contributed by atoms with van der Waals surface area (Å²) in [6.45, 7) is 4.63.